The van der Waals surface area contributed by atoms with Crippen LogP contribution in [-0.2, 0) is 22.5 Å². The Morgan fingerprint density at radius 1 is 1.14 bits per heavy atom. The number of H-pyrrole nitrogens is 1. The van der Waals surface area contributed by atoms with Crippen molar-refractivity contribution in [1.82, 2.24) is 20.4 Å². The molecule has 1 aliphatic heterocycles. The monoisotopic (exact) mass is 392 g/mol. The van der Waals surface area contributed by atoms with Crippen molar-refractivity contribution in [2.24, 2.45) is 0 Å². The summed E-state index contributed by atoms with van der Waals surface area (Å²) in [5, 5.41) is 10.7. The molecule has 7 heteroatoms. The van der Waals surface area contributed by atoms with E-state index in [2.05, 4.69) is 32.5 Å². The first-order valence-electron chi connectivity index (χ1n) is 9.80. The van der Waals surface area contributed by atoms with Crippen molar-refractivity contribution in [3.8, 4) is 0 Å². The maximum atomic E-state index is 12.4. The highest BCUT2D eigenvalue weighted by molar-refractivity contribution is 5.88. The Balaban J connectivity index is 1.32. The van der Waals surface area contributed by atoms with Gasteiger partial charge in [0, 0.05) is 31.6 Å². The summed E-state index contributed by atoms with van der Waals surface area (Å²) in [7, 11) is 0. The fourth-order valence-electron chi connectivity index (χ4n) is 3.64. The molecule has 1 amide bonds. The van der Waals surface area contributed by atoms with Crippen LogP contribution in [0.5, 0.6) is 0 Å². The van der Waals surface area contributed by atoms with Crippen molar-refractivity contribution in [3.63, 3.8) is 0 Å². The number of benzene rings is 2. The minimum atomic E-state index is -0.251. The number of carbonyl (C=O) groups is 1. The van der Waals surface area contributed by atoms with E-state index in [1.54, 1.807) is 12.1 Å². The van der Waals surface area contributed by atoms with E-state index in [-0.39, 0.29) is 24.0 Å². The van der Waals surface area contributed by atoms with Gasteiger partial charge in [-0.05, 0) is 11.6 Å². The van der Waals surface area contributed by atoms with Gasteiger partial charge in [-0.1, -0.05) is 48.5 Å². The van der Waals surface area contributed by atoms with E-state index in [4.69, 9.17) is 4.74 Å². The molecule has 1 aliphatic rings. The van der Waals surface area contributed by atoms with Gasteiger partial charge in [0.05, 0.1) is 30.2 Å². The molecule has 0 saturated carbocycles. The summed E-state index contributed by atoms with van der Waals surface area (Å²) < 4.78 is 5.81. The third-order valence-electron chi connectivity index (χ3n) is 5.10. The van der Waals surface area contributed by atoms with Crippen LogP contribution in [-0.4, -0.2) is 53.3 Å². The number of fused-ring (bicyclic) bond motifs is 1. The molecule has 2 N–H and O–H groups in total. The molecule has 0 bridgehead atoms. The minimum absolute atomic E-state index is 0.0447. The Morgan fingerprint density at radius 3 is 2.72 bits per heavy atom. The molecule has 7 nitrogen and oxygen atoms in total. The summed E-state index contributed by atoms with van der Waals surface area (Å²) in [6.45, 7) is 3.63. The Hall–Kier alpha value is -3.03. The summed E-state index contributed by atoms with van der Waals surface area (Å²) in [6, 6.07) is 17.5. The van der Waals surface area contributed by atoms with Crippen LogP contribution in [0.3, 0.4) is 0 Å². The van der Waals surface area contributed by atoms with E-state index in [1.165, 1.54) is 5.56 Å². The van der Waals surface area contributed by atoms with Gasteiger partial charge in [0.2, 0.25) is 5.91 Å². The topological polar surface area (TPSA) is 87.3 Å². The van der Waals surface area contributed by atoms with Crippen molar-refractivity contribution in [1.29, 1.82) is 0 Å². The fourth-order valence-corrected chi connectivity index (χ4v) is 3.64. The number of nitrogens with one attached hydrogen (secondary N) is 2. The predicted molar refractivity (Wildman–Crippen MR) is 111 cm³/mol. The summed E-state index contributed by atoms with van der Waals surface area (Å²) in [5.41, 5.74) is 1.58. The van der Waals surface area contributed by atoms with Crippen molar-refractivity contribution >= 4 is 16.7 Å². The Morgan fingerprint density at radius 2 is 1.90 bits per heavy atom. The largest absolute Gasteiger partial charge is 0.374 e. The third-order valence-corrected chi connectivity index (χ3v) is 5.10. The number of rotatable bonds is 6. The Bertz CT molecular complexity index is 1030. The minimum Gasteiger partial charge on any atom is -0.374 e. The number of morpholine rings is 1. The highest BCUT2D eigenvalue weighted by Crippen LogP contribution is 2.13. The fraction of sp³-hybridized carbons (Fsp3) is 0.318. The molecule has 2 aromatic carbocycles. The van der Waals surface area contributed by atoms with Crippen LogP contribution < -0.4 is 10.9 Å². The zero-order chi connectivity index (χ0) is 20.1. The predicted octanol–water partition coefficient (Wildman–Crippen LogP) is 1.48. The van der Waals surface area contributed by atoms with Crippen LogP contribution in [0, 0.1) is 0 Å². The van der Waals surface area contributed by atoms with Gasteiger partial charge in [-0.2, -0.15) is 5.10 Å². The quantitative estimate of drug-likeness (QED) is 0.664. The van der Waals surface area contributed by atoms with Gasteiger partial charge in [0.1, 0.15) is 0 Å². The normalized spacial score (nSPS) is 17.3. The average Bonchev–Trinajstić information content (AvgIpc) is 2.75. The number of hydrogen-bond acceptors (Lipinski definition) is 5. The molecule has 0 unspecified atom stereocenters. The van der Waals surface area contributed by atoms with Gasteiger partial charge in [0.25, 0.3) is 5.56 Å². The van der Waals surface area contributed by atoms with Crippen LogP contribution in [0.25, 0.3) is 10.8 Å². The zero-order valence-corrected chi connectivity index (χ0v) is 16.1. The van der Waals surface area contributed by atoms with E-state index in [1.807, 2.05) is 30.3 Å². The first-order chi connectivity index (χ1) is 14.2. The van der Waals surface area contributed by atoms with E-state index < -0.39 is 0 Å². The van der Waals surface area contributed by atoms with Gasteiger partial charge < -0.3 is 10.1 Å². The number of amides is 1. The first kappa shape index (κ1) is 19.3. The molecule has 0 spiro atoms. The maximum Gasteiger partial charge on any atom is 0.272 e. The number of ether oxygens (including phenoxy) is 1. The molecule has 0 aliphatic carbocycles. The maximum absolute atomic E-state index is 12.4. The van der Waals surface area contributed by atoms with Crippen LogP contribution in [0.4, 0.5) is 0 Å². The molecular formula is C22H24N4O3. The van der Waals surface area contributed by atoms with Gasteiger partial charge >= 0.3 is 0 Å². The number of nitrogens with zero attached hydrogens (tertiary/aromatic N) is 2. The van der Waals surface area contributed by atoms with Crippen molar-refractivity contribution in [3.05, 3.63) is 76.2 Å². The molecule has 0 radical (unpaired) electrons. The highest BCUT2D eigenvalue weighted by atomic mass is 16.5. The van der Waals surface area contributed by atoms with Gasteiger partial charge in [-0.15, -0.1) is 0 Å². The molecule has 1 atom stereocenters. The standard InChI is InChI=1S/C22H24N4O3/c27-21(12-20-18-8-4-5-9-19(18)22(28)25-24-20)23-13-17-15-26(10-11-29-17)14-16-6-2-1-3-7-16/h1-9,17H,10-15H2,(H,23,27)(H,25,28)/t17-/m0/s1. The second-order valence-corrected chi connectivity index (χ2v) is 7.24. The van der Waals surface area contributed by atoms with Gasteiger partial charge in [-0.25, -0.2) is 5.10 Å². The second-order valence-electron chi connectivity index (χ2n) is 7.24. The smallest absolute Gasteiger partial charge is 0.272 e. The molecule has 4 rings (SSSR count). The molecular weight excluding hydrogens is 368 g/mol. The lowest BCUT2D eigenvalue weighted by molar-refractivity contribution is -0.121. The van der Waals surface area contributed by atoms with E-state index in [0.717, 1.165) is 19.6 Å². The highest BCUT2D eigenvalue weighted by Gasteiger charge is 2.21. The van der Waals surface area contributed by atoms with Gasteiger partial charge in [0.15, 0.2) is 0 Å². The van der Waals surface area contributed by atoms with Crippen molar-refractivity contribution < 1.29 is 9.53 Å². The first-order valence-corrected chi connectivity index (χ1v) is 9.80. The third kappa shape index (κ3) is 4.88. The molecule has 29 heavy (non-hydrogen) atoms. The molecule has 3 aromatic rings. The summed E-state index contributed by atoms with van der Waals surface area (Å²) in [4.78, 5) is 26.7. The zero-order valence-electron chi connectivity index (χ0n) is 16.1. The molecule has 1 fully saturated rings. The van der Waals surface area contributed by atoms with E-state index >= 15 is 0 Å². The van der Waals surface area contributed by atoms with Gasteiger partial charge in [-0.3, -0.25) is 14.5 Å². The van der Waals surface area contributed by atoms with E-state index in [0.29, 0.717) is 29.6 Å². The Labute approximate surface area is 168 Å². The van der Waals surface area contributed by atoms with Crippen LogP contribution >= 0.6 is 0 Å². The lowest BCUT2D eigenvalue weighted by Crippen LogP contribution is -2.47. The summed E-state index contributed by atoms with van der Waals surface area (Å²) in [6.07, 6.45) is 0.0641. The average molecular weight is 392 g/mol. The number of carbonyl (C=O) groups excluding carboxylic acids is 1. The molecule has 1 saturated heterocycles. The lowest BCUT2D eigenvalue weighted by atomic mass is 10.1. The Kier molecular flexibility index (Phi) is 5.97. The SMILES string of the molecule is O=C(Cc1n[nH]c(=O)c2ccccc12)NC[C@H]1CN(Cc2ccccc2)CCO1. The number of hydrogen-bond donors (Lipinski definition) is 2. The molecule has 1 aromatic heterocycles. The number of aromatic amines is 1. The van der Waals surface area contributed by atoms with Crippen LogP contribution in [0.2, 0.25) is 0 Å². The summed E-state index contributed by atoms with van der Waals surface area (Å²) >= 11 is 0. The van der Waals surface area contributed by atoms with Crippen LogP contribution in [0.1, 0.15) is 11.3 Å². The number of aromatic nitrogens is 2. The second kappa shape index (κ2) is 8.98. The van der Waals surface area contributed by atoms with E-state index in [9.17, 15) is 9.59 Å². The van der Waals surface area contributed by atoms with Crippen molar-refractivity contribution in [2.75, 3.05) is 26.2 Å². The molecule has 150 valence electrons. The molecule has 2 heterocycles. The summed E-state index contributed by atoms with van der Waals surface area (Å²) in [5.74, 6) is -0.140. The lowest BCUT2D eigenvalue weighted by Gasteiger charge is -2.33. The van der Waals surface area contributed by atoms with Crippen LogP contribution in [0.15, 0.2) is 59.4 Å². The van der Waals surface area contributed by atoms with Crippen molar-refractivity contribution in [2.45, 2.75) is 19.1 Å².